The summed E-state index contributed by atoms with van der Waals surface area (Å²) in [7, 11) is 0. The van der Waals surface area contributed by atoms with E-state index < -0.39 is 0 Å². The first-order valence-electron chi connectivity index (χ1n) is 5.99. The number of nitrogens with zero attached hydrogens (tertiary/aromatic N) is 1. The van der Waals surface area contributed by atoms with Crippen molar-refractivity contribution in [3.05, 3.63) is 40.6 Å². The van der Waals surface area contributed by atoms with Crippen molar-refractivity contribution in [2.24, 2.45) is 0 Å². The lowest BCUT2D eigenvalue weighted by atomic mass is 10.1. The lowest BCUT2D eigenvalue weighted by Crippen LogP contribution is -2.35. The van der Waals surface area contributed by atoms with Crippen molar-refractivity contribution in [1.29, 1.82) is 0 Å². The van der Waals surface area contributed by atoms with Crippen LogP contribution in [0.15, 0.2) is 33.5 Å². The maximum atomic E-state index is 13.4. The second-order valence-corrected chi connectivity index (χ2v) is 6.31. The van der Waals surface area contributed by atoms with E-state index in [0.29, 0.717) is 22.3 Å². The summed E-state index contributed by atoms with van der Waals surface area (Å²) in [6, 6.07) is 4.66. The summed E-state index contributed by atoms with van der Waals surface area (Å²) in [6.45, 7) is 6.80. The summed E-state index contributed by atoms with van der Waals surface area (Å²) in [5, 5.41) is 3.34. The van der Waals surface area contributed by atoms with Crippen molar-refractivity contribution in [2.45, 2.75) is 32.9 Å². The highest BCUT2D eigenvalue weighted by Gasteiger charge is 2.15. The number of nitrogens with one attached hydrogen (secondary N) is 1. The zero-order valence-electron chi connectivity index (χ0n) is 11.1. The third-order valence-corrected chi connectivity index (χ3v) is 3.01. The normalized spacial score (nSPS) is 11.8. The predicted octanol–water partition coefficient (Wildman–Crippen LogP) is 4.13. The van der Waals surface area contributed by atoms with Crippen molar-refractivity contribution >= 4 is 15.9 Å². The van der Waals surface area contributed by atoms with Gasteiger partial charge in [0.2, 0.25) is 0 Å². The molecule has 0 aliphatic carbocycles. The molecule has 19 heavy (non-hydrogen) atoms. The standard InChI is InChI=1S/C14H16BrFN2O/c1-14(2,3)18-7-12-13(19-8-17-12)9-4-10(15)6-11(16)5-9/h4-6,8,18H,7H2,1-3H3. The number of hydrogen-bond acceptors (Lipinski definition) is 3. The van der Waals surface area contributed by atoms with E-state index in [0.717, 1.165) is 5.69 Å². The molecule has 0 radical (unpaired) electrons. The van der Waals surface area contributed by atoms with E-state index in [2.05, 4.69) is 47.0 Å². The highest BCUT2D eigenvalue weighted by molar-refractivity contribution is 9.10. The summed E-state index contributed by atoms with van der Waals surface area (Å²) >= 11 is 3.28. The molecule has 1 heterocycles. The molecule has 2 aromatic rings. The minimum atomic E-state index is -0.310. The molecule has 0 spiro atoms. The zero-order valence-corrected chi connectivity index (χ0v) is 12.7. The number of halogens is 2. The Morgan fingerprint density at radius 1 is 1.32 bits per heavy atom. The molecule has 0 unspecified atom stereocenters. The molecule has 5 heteroatoms. The lowest BCUT2D eigenvalue weighted by molar-refractivity contribution is 0.421. The molecule has 0 bridgehead atoms. The largest absolute Gasteiger partial charge is 0.443 e. The van der Waals surface area contributed by atoms with Crippen molar-refractivity contribution in [2.75, 3.05) is 0 Å². The summed E-state index contributed by atoms with van der Waals surface area (Å²) in [6.07, 6.45) is 1.38. The van der Waals surface area contributed by atoms with Crippen LogP contribution in [0, 0.1) is 5.82 Å². The minimum Gasteiger partial charge on any atom is -0.443 e. The number of benzene rings is 1. The van der Waals surface area contributed by atoms with Gasteiger partial charge in [-0.3, -0.25) is 0 Å². The second kappa shape index (κ2) is 5.43. The van der Waals surface area contributed by atoms with Crippen LogP contribution in [0.1, 0.15) is 26.5 Å². The highest BCUT2D eigenvalue weighted by Crippen LogP contribution is 2.27. The molecule has 2 rings (SSSR count). The Labute approximate surface area is 120 Å². The van der Waals surface area contributed by atoms with E-state index >= 15 is 0 Å². The fourth-order valence-electron chi connectivity index (χ4n) is 1.66. The molecule has 0 saturated heterocycles. The molecule has 0 aliphatic rings. The molecule has 1 aromatic heterocycles. The molecule has 0 fully saturated rings. The third-order valence-electron chi connectivity index (χ3n) is 2.55. The van der Waals surface area contributed by atoms with Gasteiger partial charge < -0.3 is 9.73 Å². The first-order chi connectivity index (χ1) is 8.85. The van der Waals surface area contributed by atoms with Crippen LogP contribution >= 0.6 is 15.9 Å². The maximum Gasteiger partial charge on any atom is 0.181 e. The van der Waals surface area contributed by atoms with Crippen LogP contribution in [0.5, 0.6) is 0 Å². The number of oxazole rings is 1. The van der Waals surface area contributed by atoms with Gasteiger partial charge in [0.1, 0.15) is 11.5 Å². The summed E-state index contributed by atoms with van der Waals surface area (Å²) in [5.74, 6) is 0.285. The zero-order chi connectivity index (χ0) is 14.0. The van der Waals surface area contributed by atoms with Crippen LogP contribution < -0.4 is 5.32 Å². The van der Waals surface area contributed by atoms with E-state index in [1.54, 1.807) is 0 Å². The molecule has 3 nitrogen and oxygen atoms in total. The average Bonchev–Trinajstić information content (AvgIpc) is 2.72. The Hall–Kier alpha value is -1.20. The monoisotopic (exact) mass is 326 g/mol. The Balaban J connectivity index is 2.28. The first-order valence-corrected chi connectivity index (χ1v) is 6.78. The number of hydrogen-bond donors (Lipinski definition) is 1. The van der Waals surface area contributed by atoms with Crippen LogP contribution in [0.25, 0.3) is 11.3 Å². The van der Waals surface area contributed by atoms with Crippen LogP contribution in [0.4, 0.5) is 4.39 Å². The molecular weight excluding hydrogens is 311 g/mol. The van der Waals surface area contributed by atoms with E-state index in [1.807, 2.05) is 6.07 Å². The molecule has 0 amide bonds. The smallest absolute Gasteiger partial charge is 0.181 e. The minimum absolute atomic E-state index is 0.0151. The number of aromatic nitrogens is 1. The molecule has 0 atom stereocenters. The predicted molar refractivity (Wildman–Crippen MR) is 76.2 cm³/mol. The Kier molecular flexibility index (Phi) is 4.06. The Morgan fingerprint density at radius 3 is 2.68 bits per heavy atom. The van der Waals surface area contributed by atoms with E-state index in [1.165, 1.54) is 18.5 Å². The second-order valence-electron chi connectivity index (χ2n) is 5.39. The lowest BCUT2D eigenvalue weighted by Gasteiger charge is -2.19. The van der Waals surface area contributed by atoms with Gasteiger partial charge in [0.05, 0.1) is 0 Å². The van der Waals surface area contributed by atoms with Crippen LogP contribution in [-0.2, 0) is 6.54 Å². The molecule has 0 aliphatic heterocycles. The number of rotatable bonds is 3. The van der Waals surface area contributed by atoms with Gasteiger partial charge in [-0.15, -0.1) is 0 Å². The summed E-state index contributed by atoms with van der Waals surface area (Å²) in [4.78, 5) is 4.19. The maximum absolute atomic E-state index is 13.4. The summed E-state index contributed by atoms with van der Waals surface area (Å²) < 4.78 is 19.5. The van der Waals surface area contributed by atoms with Gasteiger partial charge in [0, 0.05) is 22.1 Å². The van der Waals surface area contributed by atoms with Gasteiger partial charge in [0.25, 0.3) is 0 Å². The van der Waals surface area contributed by atoms with Gasteiger partial charge in [0.15, 0.2) is 12.2 Å². The van der Waals surface area contributed by atoms with Crippen molar-refractivity contribution < 1.29 is 8.81 Å². The van der Waals surface area contributed by atoms with Crippen LogP contribution in [0.2, 0.25) is 0 Å². The van der Waals surface area contributed by atoms with Gasteiger partial charge in [-0.1, -0.05) is 15.9 Å². The average molecular weight is 327 g/mol. The highest BCUT2D eigenvalue weighted by atomic mass is 79.9. The van der Waals surface area contributed by atoms with E-state index in [9.17, 15) is 4.39 Å². The molecular formula is C14H16BrFN2O. The van der Waals surface area contributed by atoms with Crippen molar-refractivity contribution in [3.8, 4) is 11.3 Å². The molecule has 102 valence electrons. The molecule has 0 saturated carbocycles. The molecule has 1 aromatic carbocycles. The van der Waals surface area contributed by atoms with Gasteiger partial charge >= 0.3 is 0 Å². The van der Waals surface area contributed by atoms with Crippen molar-refractivity contribution in [1.82, 2.24) is 10.3 Å². The van der Waals surface area contributed by atoms with Gasteiger partial charge in [-0.25, -0.2) is 9.37 Å². The topological polar surface area (TPSA) is 38.1 Å². The third kappa shape index (κ3) is 3.88. The fourth-order valence-corrected chi connectivity index (χ4v) is 2.13. The Bertz CT molecular complexity index is 555. The van der Waals surface area contributed by atoms with Gasteiger partial charge in [-0.05, 0) is 39.0 Å². The molecule has 1 N–H and O–H groups in total. The quantitative estimate of drug-likeness (QED) is 0.921. The van der Waals surface area contributed by atoms with Crippen LogP contribution in [-0.4, -0.2) is 10.5 Å². The van der Waals surface area contributed by atoms with Gasteiger partial charge in [-0.2, -0.15) is 0 Å². The van der Waals surface area contributed by atoms with Crippen molar-refractivity contribution in [3.63, 3.8) is 0 Å². The SMILES string of the molecule is CC(C)(C)NCc1ncoc1-c1cc(F)cc(Br)c1. The fraction of sp³-hybridized carbons (Fsp3) is 0.357. The first kappa shape index (κ1) is 14.2. The van der Waals surface area contributed by atoms with E-state index in [-0.39, 0.29) is 11.4 Å². The Morgan fingerprint density at radius 2 is 2.05 bits per heavy atom. The van der Waals surface area contributed by atoms with E-state index in [4.69, 9.17) is 4.42 Å². The van der Waals surface area contributed by atoms with Crippen LogP contribution in [0.3, 0.4) is 0 Å². The summed E-state index contributed by atoms with van der Waals surface area (Å²) in [5.41, 5.74) is 1.43.